The van der Waals surface area contributed by atoms with Crippen LogP contribution in [-0.4, -0.2) is 53.7 Å². The van der Waals surface area contributed by atoms with Crippen LogP contribution in [0.4, 0.5) is 5.69 Å². The fourth-order valence-corrected chi connectivity index (χ4v) is 2.75. The highest BCUT2D eigenvalue weighted by molar-refractivity contribution is 5.73. The molecule has 0 unspecified atom stereocenters. The van der Waals surface area contributed by atoms with E-state index >= 15 is 0 Å². The number of likely N-dealkylation sites (N-methyl/N-ethyl adjacent to an activating group) is 1. The van der Waals surface area contributed by atoms with E-state index in [0.717, 1.165) is 30.9 Å². The van der Waals surface area contributed by atoms with Crippen LogP contribution in [0.5, 0.6) is 0 Å². The Kier molecular flexibility index (Phi) is 5.38. The minimum Gasteiger partial charge on any atom is -0.481 e. The lowest BCUT2D eigenvalue weighted by Crippen LogP contribution is -2.35. The fraction of sp³-hybridized carbons (Fsp3) is 0.500. The second kappa shape index (κ2) is 7.26. The number of benzene rings is 1. The van der Waals surface area contributed by atoms with Crippen LogP contribution in [0.15, 0.2) is 24.3 Å². The van der Waals surface area contributed by atoms with Crippen molar-refractivity contribution in [1.82, 2.24) is 4.90 Å². The molecular weight excluding hydrogens is 284 g/mol. The van der Waals surface area contributed by atoms with Gasteiger partial charge in [-0.2, -0.15) is 0 Å². The van der Waals surface area contributed by atoms with Crippen molar-refractivity contribution >= 4 is 17.6 Å². The molecule has 1 saturated heterocycles. The molecule has 1 aromatic rings. The summed E-state index contributed by atoms with van der Waals surface area (Å²) in [6, 6.07) is 7.83. The van der Waals surface area contributed by atoms with Crippen LogP contribution in [-0.2, 0) is 16.1 Å². The average molecular weight is 306 g/mol. The molecule has 0 spiro atoms. The van der Waals surface area contributed by atoms with Crippen molar-refractivity contribution < 1.29 is 19.8 Å². The number of anilines is 1. The Morgan fingerprint density at radius 1 is 1.18 bits per heavy atom. The van der Waals surface area contributed by atoms with Crippen molar-refractivity contribution in [2.45, 2.75) is 19.4 Å². The number of likely N-dealkylation sites (tertiary alicyclic amines) is 1. The van der Waals surface area contributed by atoms with Crippen LogP contribution in [0.25, 0.3) is 0 Å². The van der Waals surface area contributed by atoms with E-state index in [1.165, 1.54) is 0 Å². The van der Waals surface area contributed by atoms with Crippen LogP contribution in [0, 0.1) is 5.92 Å². The van der Waals surface area contributed by atoms with Gasteiger partial charge in [-0.3, -0.25) is 14.5 Å². The van der Waals surface area contributed by atoms with Crippen molar-refractivity contribution in [3.8, 4) is 0 Å². The molecule has 0 radical (unpaired) electrons. The van der Waals surface area contributed by atoms with Crippen molar-refractivity contribution in [3.63, 3.8) is 0 Å². The summed E-state index contributed by atoms with van der Waals surface area (Å²) in [6.45, 7) is 2.38. The third-order valence-electron chi connectivity index (χ3n) is 4.09. The van der Waals surface area contributed by atoms with Gasteiger partial charge in [-0.05, 0) is 43.6 Å². The second-order valence-electron chi connectivity index (χ2n) is 5.80. The van der Waals surface area contributed by atoms with Crippen molar-refractivity contribution in [2.24, 2.45) is 5.92 Å². The zero-order valence-electron chi connectivity index (χ0n) is 12.7. The molecule has 1 aromatic carbocycles. The van der Waals surface area contributed by atoms with Gasteiger partial charge < -0.3 is 15.1 Å². The largest absolute Gasteiger partial charge is 0.481 e. The number of carboxylic acids is 2. The monoisotopic (exact) mass is 306 g/mol. The summed E-state index contributed by atoms with van der Waals surface area (Å²) in [5.74, 6) is -1.75. The summed E-state index contributed by atoms with van der Waals surface area (Å²) in [5, 5.41) is 17.8. The van der Waals surface area contributed by atoms with E-state index in [9.17, 15) is 9.59 Å². The van der Waals surface area contributed by atoms with Crippen LogP contribution in [0.3, 0.4) is 0 Å². The van der Waals surface area contributed by atoms with E-state index in [1.54, 1.807) is 11.9 Å². The standard InChI is InChI=1S/C16H22N2O4/c1-17(11-15(19)20)14-4-2-12(3-5-14)10-18-8-6-13(7-9-18)16(21)22/h2-5,13H,6-11H2,1H3,(H,19,20)(H,21,22). The minimum absolute atomic E-state index is 0.0257. The quantitative estimate of drug-likeness (QED) is 0.829. The molecule has 0 aliphatic carbocycles. The number of hydrogen-bond donors (Lipinski definition) is 2. The molecule has 2 rings (SSSR count). The summed E-state index contributed by atoms with van der Waals surface area (Å²) in [5.41, 5.74) is 2.02. The third kappa shape index (κ3) is 4.46. The normalized spacial score (nSPS) is 16.4. The van der Waals surface area contributed by atoms with E-state index < -0.39 is 11.9 Å². The summed E-state index contributed by atoms with van der Waals surface area (Å²) in [4.78, 5) is 25.6. The predicted octanol–water partition coefficient (Wildman–Crippen LogP) is 1.50. The molecule has 1 aliphatic rings. The lowest BCUT2D eigenvalue weighted by atomic mass is 9.97. The number of carbonyl (C=O) groups is 2. The van der Waals surface area contributed by atoms with Crippen molar-refractivity contribution in [1.29, 1.82) is 0 Å². The van der Waals surface area contributed by atoms with Gasteiger partial charge >= 0.3 is 11.9 Å². The summed E-state index contributed by atoms with van der Waals surface area (Å²) in [6.07, 6.45) is 1.41. The first kappa shape index (κ1) is 16.3. The SMILES string of the molecule is CN(CC(=O)O)c1ccc(CN2CCC(C(=O)O)CC2)cc1. The zero-order chi connectivity index (χ0) is 16.1. The molecule has 1 fully saturated rings. The molecule has 120 valence electrons. The highest BCUT2D eigenvalue weighted by atomic mass is 16.4. The maximum atomic E-state index is 10.9. The molecule has 1 aliphatic heterocycles. The highest BCUT2D eigenvalue weighted by Crippen LogP contribution is 2.20. The van der Waals surface area contributed by atoms with Gasteiger partial charge in [-0.15, -0.1) is 0 Å². The van der Waals surface area contributed by atoms with E-state index in [4.69, 9.17) is 10.2 Å². The van der Waals surface area contributed by atoms with Gasteiger partial charge in [0.1, 0.15) is 6.54 Å². The van der Waals surface area contributed by atoms with Crippen LogP contribution >= 0.6 is 0 Å². The summed E-state index contributed by atoms with van der Waals surface area (Å²) >= 11 is 0. The van der Waals surface area contributed by atoms with E-state index in [2.05, 4.69) is 4.90 Å². The number of rotatable bonds is 6. The van der Waals surface area contributed by atoms with Crippen molar-refractivity contribution in [3.05, 3.63) is 29.8 Å². The Bertz CT molecular complexity index is 521. The molecule has 0 amide bonds. The number of nitrogens with zero attached hydrogens (tertiary/aromatic N) is 2. The van der Waals surface area contributed by atoms with Gasteiger partial charge in [0.15, 0.2) is 0 Å². The number of carboxylic acid groups (broad SMARTS) is 2. The van der Waals surface area contributed by atoms with E-state index in [0.29, 0.717) is 12.8 Å². The first-order valence-corrected chi connectivity index (χ1v) is 7.42. The molecule has 0 saturated carbocycles. The van der Waals surface area contributed by atoms with Gasteiger partial charge in [0, 0.05) is 19.3 Å². The van der Waals surface area contributed by atoms with Crippen molar-refractivity contribution in [2.75, 3.05) is 31.6 Å². The number of aliphatic carboxylic acids is 2. The zero-order valence-corrected chi connectivity index (χ0v) is 12.7. The molecule has 6 heteroatoms. The van der Waals surface area contributed by atoms with Gasteiger partial charge in [0.2, 0.25) is 0 Å². The lowest BCUT2D eigenvalue weighted by Gasteiger charge is -2.30. The fourth-order valence-electron chi connectivity index (χ4n) is 2.75. The number of hydrogen-bond acceptors (Lipinski definition) is 4. The molecule has 22 heavy (non-hydrogen) atoms. The Balaban J connectivity index is 1.87. The molecular formula is C16H22N2O4. The predicted molar refractivity (Wildman–Crippen MR) is 83.0 cm³/mol. The Labute approximate surface area is 130 Å². The second-order valence-corrected chi connectivity index (χ2v) is 5.80. The van der Waals surface area contributed by atoms with Gasteiger partial charge in [0.25, 0.3) is 0 Å². The maximum Gasteiger partial charge on any atom is 0.323 e. The first-order valence-electron chi connectivity index (χ1n) is 7.42. The third-order valence-corrected chi connectivity index (χ3v) is 4.09. The Morgan fingerprint density at radius 2 is 1.77 bits per heavy atom. The van der Waals surface area contributed by atoms with Crippen LogP contribution in [0.2, 0.25) is 0 Å². The average Bonchev–Trinajstić information content (AvgIpc) is 2.48. The van der Waals surface area contributed by atoms with Gasteiger partial charge in [-0.1, -0.05) is 12.1 Å². The molecule has 2 N–H and O–H groups in total. The molecule has 1 heterocycles. The minimum atomic E-state index is -0.854. The van der Waals surface area contributed by atoms with Crippen LogP contribution in [0.1, 0.15) is 18.4 Å². The van der Waals surface area contributed by atoms with E-state index in [1.807, 2.05) is 24.3 Å². The summed E-state index contributed by atoms with van der Waals surface area (Å²) < 4.78 is 0. The van der Waals surface area contributed by atoms with Gasteiger partial charge in [0.05, 0.1) is 5.92 Å². The lowest BCUT2D eigenvalue weighted by molar-refractivity contribution is -0.143. The molecule has 0 atom stereocenters. The Morgan fingerprint density at radius 3 is 2.27 bits per heavy atom. The highest BCUT2D eigenvalue weighted by Gasteiger charge is 2.24. The van der Waals surface area contributed by atoms with Crippen LogP contribution < -0.4 is 4.90 Å². The van der Waals surface area contributed by atoms with Gasteiger partial charge in [-0.25, -0.2) is 0 Å². The van der Waals surface area contributed by atoms with E-state index in [-0.39, 0.29) is 12.5 Å². The maximum absolute atomic E-state index is 10.9. The smallest absolute Gasteiger partial charge is 0.323 e. The molecule has 0 aromatic heterocycles. The first-order chi connectivity index (χ1) is 10.5. The number of piperidine rings is 1. The molecule has 0 bridgehead atoms. The molecule has 6 nitrogen and oxygen atoms in total. The topological polar surface area (TPSA) is 81.1 Å². The summed E-state index contributed by atoms with van der Waals surface area (Å²) in [7, 11) is 1.75. The Hall–Kier alpha value is -2.08.